The maximum atomic E-state index is 4.23. The van der Waals surface area contributed by atoms with Crippen LogP contribution in [0.25, 0.3) is 21.7 Å². The van der Waals surface area contributed by atoms with Crippen molar-refractivity contribution in [3.05, 3.63) is 72.7 Å². The second-order valence-corrected chi connectivity index (χ2v) is 5.11. The van der Waals surface area contributed by atoms with Crippen LogP contribution in [0.1, 0.15) is 5.56 Å². The molecule has 0 aliphatic rings. The van der Waals surface area contributed by atoms with Gasteiger partial charge in [-0.2, -0.15) is 0 Å². The van der Waals surface area contributed by atoms with Crippen LogP contribution in [-0.4, -0.2) is 9.97 Å². The summed E-state index contributed by atoms with van der Waals surface area (Å²) in [5.74, 6) is 0. The first-order valence-corrected chi connectivity index (χ1v) is 7.03. The Balaban J connectivity index is 1.68. The van der Waals surface area contributed by atoms with Crippen molar-refractivity contribution in [3.63, 3.8) is 0 Å². The summed E-state index contributed by atoms with van der Waals surface area (Å²) in [5, 5.41) is 7.16. The first kappa shape index (κ1) is 12.0. The fourth-order valence-corrected chi connectivity index (χ4v) is 2.76. The molecule has 0 spiro atoms. The maximum absolute atomic E-state index is 4.23. The third kappa shape index (κ3) is 2.13. The molecule has 2 N–H and O–H groups in total. The van der Waals surface area contributed by atoms with Crippen LogP contribution in [0.3, 0.4) is 0 Å². The molecule has 2 aromatic carbocycles. The number of nitrogens with zero attached hydrogens (tertiary/aromatic N) is 1. The highest BCUT2D eigenvalue weighted by Crippen LogP contribution is 2.24. The predicted molar refractivity (Wildman–Crippen MR) is 87.4 cm³/mol. The van der Waals surface area contributed by atoms with Crippen molar-refractivity contribution in [1.82, 2.24) is 9.97 Å². The SMILES string of the molecule is c1cc(NCc2cccc3[nH]ccc23)c2cnccc2c1. The summed E-state index contributed by atoms with van der Waals surface area (Å²) in [6.07, 6.45) is 5.72. The molecule has 4 aromatic rings. The Morgan fingerprint density at radius 2 is 1.90 bits per heavy atom. The van der Waals surface area contributed by atoms with Crippen molar-refractivity contribution in [2.24, 2.45) is 0 Å². The molecule has 102 valence electrons. The van der Waals surface area contributed by atoms with Gasteiger partial charge in [-0.25, -0.2) is 0 Å². The molecule has 0 fully saturated rings. The lowest BCUT2D eigenvalue weighted by atomic mass is 10.1. The third-order valence-corrected chi connectivity index (χ3v) is 3.84. The lowest BCUT2D eigenvalue weighted by molar-refractivity contribution is 1.17. The van der Waals surface area contributed by atoms with E-state index in [4.69, 9.17) is 0 Å². The number of fused-ring (bicyclic) bond motifs is 2. The lowest BCUT2D eigenvalue weighted by Crippen LogP contribution is -2.00. The highest BCUT2D eigenvalue weighted by molar-refractivity contribution is 5.93. The molecule has 0 aliphatic carbocycles. The van der Waals surface area contributed by atoms with E-state index in [1.54, 1.807) is 0 Å². The number of aromatic nitrogens is 2. The number of benzene rings is 2. The second-order valence-electron chi connectivity index (χ2n) is 5.11. The van der Waals surface area contributed by atoms with Crippen LogP contribution in [0, 0.1) is 0 Å². The summed E-state index contributed by atoms with van der Waals surface area (Å²) in [6.45, 7) is 0.795. The number of anilines is 1. The van der Waals surface area contributed by atoms with Gasteiger partial charge in [-0.3, -0.25) is 4.98 Å². The summed E-state index contributed by atoms with van der Waals surface area (Å²) in [7, 11) is 0. The van der Waals surface area contributed by atoms with Crippen molar-refractivity contribution < 1.29 is 0 Å². The van der Waals surface area contributed by atoms with Gasteiger partial charge in [-0.1, -0.05) is 24.3 Å². The van der Waals surface area contributed by atoms with Gasteiger partial charge in [0.2, 0.25) is 0 Å². The van der Waals surface area contributed by atoms with Gasteiger partial charge in [0.1, 0.15) is 0 Å². The van der Waals surface area contributed by atoms with E-state index in [9.17, 15) is 0 Å². The first-order chi connectivity index (χ1) is 10.4. The van der Waals surface area contributed by atoms with Gasteiger partial charge in [0.05, 0.1) is 0 Å². The molecule has 0 aliphatic heterocycles. The molecule has 2 heterocycles. The van der Waals surface area contributed by atoms with Gasteiger partial charge in [-0.05, 0) is 35.2 Å². The summed E-state index contributed by atoms with van der Waals surface area (Å²) in [5.41, 5.74) is 3.58. The molecule has 0 bridgehead atoms. The van der Waals surface area contributed by atoms with Crippen molar-refractivity contribution in [2.75, 3.05) is 5.32 Å². The Bertz CT molecular complexity index is 903. The summed E-state index contributed by atoms with van der Waals surface area (Å²) >= 11 is 0. The van der Waals surface area contributed by atoms with Crippen molar-refractivity contribution in [1.29, 1.82) is 0 Å². The van der Waals surface area contributed by atoms with Crippen LogP contribution in [0.15, 0.2) is 67.1 Å². The first-order valence-electron chi connectivity index (χ1n) is 7.03. The summed E-state index contributed by atoms with van der Waals surface area (Å²) < 4.78 is 0. The molecule has 21 heavy (non-hydrogen) atoms. The molecule has 0 atom stereocenters. The second kappa shape index (κ2) is 4.94. The minimum absolute atomic E-state index is 0.795. The van der Waals surface area contributed by atoms with E-state index in [2.05, 4.69) is 57.7 Å². The zero-order chi connectivity index (χ0) is 14.1. The number of hydrogen-bond donors (Lipinski definition) is 2. The highest BCUT2D eigenvalue weighted by Gasteiger charge is 2.03. The topological polar surface area (TPSA) is 40.7 Å². The molecule has 0 saturated heterocycles. The molecule has 0 radical (unpaired) electrons. The van der Waals surface area contributed by atoms with E-state index in [-0.39, 0.29) is 0 Å². The molecule has 4 rings (SSSR count). The van der Waals surface area contributed by atoms with Crippen LogP contribution in [0.5, 0.6) is 0 Å². The molecule has 3 heteroatoms. The van der Waals surface area contributed by atoms with E-state index in [1.165, 1.54) is 21.9 Å². The van der Waals surface area contributed by atoms with Crippen LogP contribution in [-0.2, 0) is 6.54 Å². The van der Waals surface area contributed by atoms with Gasteiger partial charge < -0.3 is 10.3 Å². The Morgan fingerprint density at radius 1 is 0.952 bits per heavy atom. The van der Waals surface area contributed by atoms with Gasteiger partial charge in [0.25, 0.3) is 0 Å². The Kier molecular flexibility index (Phi) is 2.82. The molecular formula is C18H15N3. The Labute approximate surface area is 122 Å². The minimum Gasteiger partial charge on any atom is -0.380 e. The number of pyridine rings is 1. The highest BCUT2D eigenvalue weighted by atomic mass is 14.9. The van der Waals surface area contributed by atoms with E-state index >= 15 is 0 Å². The average molecular weight is 273 g/mol. The molecule has 3 nitrogen and oxygen atoms in total. The molecule has 0 unspecified atom stereocenters. The normalized spacial score (nSPS) is 11.0. The largest absolute Gasteiger partial charge is 0.380 e. The molecule has 0 saturated carbocycles. The van der Waals surface area contributed by atoms with E-state index in [1.807, 2.05) is 24.7 Å². The maximum Gasteiger partial charge on any atom is 0.0457 e. The lowest BCUT2D eigenvalue weighted by Gasteiger charge is -2.10. The quantitative estimate of drug-likeness (QED) is 0.583. The number of aromatic amines is 1. The minimum atomic E-state index is 0.795. The van der Waals surface area contributed by atoms with Crippen molar-refractivity contribution >= 4 is 27.4 Å². The zero-order valence-corrected chi connectivity index (χ0v) is 11.5. The number of H-pyrrole nitrogens is 1. The van der Waals surface area contributed by atoms with Crippen LogP contribution < -0.4 is 5.32 Å². The third-order valence-electron chi connectivity index (χ3n) is 3.84. The van der Waals surface area contributed by atoms with Crippen LogP contribution in [0.2, 0.25) is 0 Å². The fraction of sp³-hybridized carbons (Fsp3) is 0.0556. The number of nitrogens with one attached hydrogen (secondary N) is 2. The van der Waals surface area contributed by atoms with Crippen molar-refractivity contribution in [3.8, 4) is 0 Å². The van der Waals surface area contributed by atoms with Crippen LogP contribution >= 0.6 is 0 Å². The number of rotatable bonds is 3. The molecule has 2 aromatic heterocycles. The summed E-state index contributed by atoms with van der Waals surface area (Å²) in [4.78, 5) is 7.48. The predicted octanol–water partition coefficient (Wildman–Crippen LogP) is 4.33. The van der Waals surface area contributed by atoms with E-state index in [0.717, 1.165) is 17.6 Å². The fourth-order valence-electron chi connectivity index (χ4n) is 2.76. The van der Waals surface area contributed by atoms with Gasteiger partial charge >= 0.3 is 0 Å². The molecular weight excluding hydrogens is 258 g/mol. The average Bonchev–Trinajstić information content (AvgIpc) is 3.02. The Morgan fingerprint density at radius 3 is 2.90 bits per heavy atom. The molecule has 0 amide bonds. The van der Waals surface area contributed by atoms with Crippen molar-refractivity contribution in [2.45, 2.75) is 6.54 Å². The number of hydrogen-bond acceptors (Lipinski definition) is 2. The van der Waals surface area contributed by atoms with E-state index in [0.29, 0.717) is 0 Å². The van der Waals surface area contributed by atoms with E-state index < -0.39 is 0 Å². The Hall–Kier alpha value is -2.81. The van der Waals surface area contributed by atoms with Gasteiger partial charge in [0.15, 0.2) is 0 Å². The zero-order valence-electron chi connectivity index (χ0n) is 11.5. The standard InChI is InChI=1S/C18H15N3/c1-3-13-7-9-19-12-16(13)18(6-1)21-11-14-4-2-5-17-15(14)8-10-20-17/h1-10,12,20-21H,11H2. The van der Waals surface area contributed by atoms with Gasteiger partial charge in [-0.15, -0.1) is 0 Å². The van der Waals surface area contributed by atoms with Crippen LogP contribution in [0.4, 0.5) is 5.69 Å². The smallest absolute Gasteiger partial charge is 0.0457 e. The summed E-state index contributed by atoms with van der Waals surface area (Å²) in [6, 6.07) is 16.8. The van der Waals surface area contributed by atoms with Gasteiger partial charge in [0, 0.05) is 47.1 Å². The monoisotopic (exact) mass is 273 g/mol.